The van der Waals surface area contributed by atoms with Crippen LogP contribution in [0.2, 0.25) is 0 Å². The van der Waals surface area contributed by atoms with Crippen LogP contribution in [0.25, 0.3) is 0 Å². The molecular weight excluding hydrogens is 190 g/mol. The minimum absolute atomic E-state index is 0.159. The van der Waals surface area contributed by atoms with Gasteiger partial charge < -0.3 is 9.88 Å². The third-order valence-corrected chi connectivity index (χ3v) is 2.93. The van der Waals surface area contributed by atoms with Gasteiger partial charge in [0.2, 0.25) is 5.78 Å². The number of carbonyl (C=O) groups excluding carboxylic acids is 1. The van der Waals surface area contributed by atoms with E-state index in [1.54, 1.807) is 0 Å². The zero-order valence-electron chi connectivity index (χ0n) is 9.29. The fraction of sp³-hybridized carbons (Fsp3) is 0.636. The van der Waals surface area contributed by atoms with Crippen LogP contribution in [-0.2, 0) is 7.05 Å². The maximum absolute atomic E-state index is 12.1. The van der Waals surface area contributed by atoms with Gasteiger partial charge in [0.15, 0.2) is 5.82 Å². The van der Waals surface area contributed by atoms with Crippen molar-refractivity contribution in [2.75, 3.05) is 13.1 Å². The summed E-state index contributed by atoms with van der Waals surface area (Å²) >= 11 is 0. The topological polar surface area (TPSA) is 46.9 Å². The molecule has 1 aliphatic rings. The van der Waals surface area contributed by atoms with Crippen LogP contribution in [0, 0.1) is 12.8 Å². The summed E-state index contributed by atoms with van der Waals surface area (Å²) in [6.45, 7) is 3.80. The van der Waals surface area contributed by atoms with Crippen molar-refractivity contribution in [2.24, 2.45) is 13.0 Å². The molecule has 1 aliphatic heterocycles. The van der Waals surface area contributed by atoms with Gasteiger partial charge in [0.1, 0.15) is 0 Å². The molecule has 0 aromatic carbocycles. The van der Waals surface area contributed by atoms with Crippen LogP contribution in [-0.4, -0.2) is 28.4 Å². The van der Waals surface area contributed by atoms with Crippen LogP contribution in [0.1, 0.15) is 29.2 Å². The van der Waals surface area contributed by atoms with Crippen molar-refractivity contribution in [2.45, 2.75) is 19.8 Å². The minimum Gasteiger partial charge on any atom is -0.331 e. The highest BCUT2D eigenvalue weighted by atomic mass is 16.1. The van der Waals surface area contributed by atoms with Gasteiger partial charge in [0.05, 0.1) is 5.69 Å². The van der Waals surface area contributed by atoms with E-state index in [9.17, 15) is 4.79 Å². The molecule has 0 unspecified atom stereocenters. The lowest BCUT2D eigenvalue weighted by atomic mass is 9.93. The molecule has 0 aliphatic carbocycles. The quantitative estimate of drug-likeness (QED) is 0.733. The molecule has 0 radical (unpaired) electrons. The number of Topliss-reactive ketones (excluding diaryl/α,β-unsaturated/α-hetero) is 1. The predicted molar refractivity (Wildman–Crippen MR) is 57.9 cm³/mol. The Balaban J connectivity index is 2.16. The molecule has 0 spiro atoms. The van der Waals surface area contributed by atoms with E-state index >= 15 is 0 Å². The summed E-state index contributed by atoms with van der Waals surface area (Å²) in [7, 11) is 1.88. The Bertz CT molecular complexity index is 364. The zero-order chi connectivity index (χ0) is 10.8. The molecule has 15 heavy (non-hydrogen) atoms. The second-order valence-corrected chi connectivity index (χ2v) is 4.21. The molecule has 1 saturated heterocycles. The van der Waals surface area contributed by atoms with Crippen molar-refractivity contribution >= 4 is 5.78 Å². The summed E-state index contributed by atoms with van der Waals surface area (Å²) < 4.78 is 1.83. The molecule has 2 rings (SSSR count). The van der Waals surface area contributed by atoms with Crippen LogP contribution in [0.5, 0.6) is 0 Å². The van der Waals surface area contributed by atoms with Crippen molar-refractivity contribution in [3.8, 4) is 0 Å². The monoisotopic (exact) mass is 207 g/mol. The Hall–Kier alpha value is -1.16. The van der Waals surface area contributed by atoms with Gasteiger partial charge in [0, 0.05) is 19.2 Å². The number of hydrogen-bond donors (Lipinski definition) is 1. The molecule has 1 N–H and O–H groups in total. The summed E-state index contributed by atoms with van der Waals surface area (Å²) in [5, 5.41) is 3.26. The zero-order valence-corrected chi connectivity index (χ0v) is 9.29. The number of hydrogen-bond acceptors (Lipinski definition) is 3. The third kappa shape index (κ3) is 2.09. The van der Waals surface area contributed by atoms with E-state index in [1.807, 2.05) is 24.7 Å². The lowest BCUT2D eigenvalue weighted by molar-refractivity contribution is 0.0881. The normalized spacial score (nSPS) is 18.0. The first-order chi connectivity index (χ1) is 7.18. The van der Waals surface area contributed by atoms with Crippen LogP contribution < -0.4 is 5.32 Å². The number of carbonyl (C=O) groups is 1. The first-order valence-corrected chi connectivity index (χ1v) is 5.43. The Morgan fingerprint density at radius 1 is 1.53 bits per heavy atom. The Labute approximate surface area is 89.7 Å². The van der Waals surface area contributed by atoms with E-state index < -0.39 is 0 Å². The fourth-order valence-electron chi connectivity index (χ4n) is 2.11. The van der Waals surface area contributed by atoms with E-state index in [0.717, 1.165) is 31.6 Å². The molecule has 1 aromatic rings. The number of rotatable bonds is 2. The number of aromatic nitrogens is 2. The molecule has 0 saturated carbocycles. The second-order valence-electron chi connectivity index (χ2n) is 4.21. The molecule has 1 fully saturated rings. The number of nitrogens with one attached hydrogen (secondary N) is 1. The molecule has 0 atom stereocenters. The molecule has 2 heterocycles. The van der Waals surface area contributed by atoms with Gasteiger partial charge in [-0.3, -0.25) is 4.79 Å². The number of ketones is 1. The first-order valence-electron chi connectivity index (χ1n) is 5.43. The van der Waals surface area contributed by atoms with Crippen LogP contribution >= 0.6 is 0 Å². The highest BCUT2D eigenvalue weighted by molar-refractivity contribution is 5.94. The highest BCUT2D eigenvalue weighted by Crippen LogP contribution is 2.17. The van der Waals surface area contributed by atoms with Crippen LogP contribution in [0.4, 0.5) is 0 Å². The standard InChI is InChI=1S/C11H17N3O/c1-8-7-14(2)11(13-8)10(15)9-3-5-12-6-4-9/h7,9,12H,3-6H2,1-2H3. The Morgan fingerprint density at radius 2 is 2.20 bits per heavy atom. The van der Waals surface area contributed by atoms with Gasteiger partial charge in [-0.25, -0.2) is 4.98 Å². The molecule has 82 valence electrons. The summed E-state index contributed by atoms with van der Waals surface area (Å²) in [5.74, 6) is 0.971. The lowest BCUT2D eigenvalue weighted by Gasteiger charge is -2.20. The van der Waals surface area contributed by atoms with Gasteiger partial charge in [-0.15, -0.1) is 0 Å². The van der Waals surface area contributed by atoms with Crippen LogP contribution in [0.15, 0.2) is 6.20 Å². The van der Waals surface area contributed by atoms with E-state index in [0.29, 0.717) is 5.82 Å². The van der Waals surface area contributed by atoms with Crippen LogP contribution in [0.3, 0.4) is 0 Å². The van der Waals surface area contributed by atoms with Gasteiger partial charge in [0.25, 0.3) is 0 Å². The largest absolute Gasteiger partial charge is 0.331 e. The third-order valence-electron chi connectivity index (χ3n) is 2.93. The smallest absolute Gasteiger partial charge is 0.201 e. The predicted octanol–water partition coefficient (Wildman–Crippen LogP) is 0.911. The number of aryl methyl sites for hydroxylation is 2. The Kier molecular flexibility index (Phi) is 2.86. The van der Waals surface area contributed by atoms with Gasteiger partial charge >= 0.3 is 0 Å². The molecule has 1 aromatic heterocycles. The minimum atomic E-state index is 0.159. The summed E-state index contributed by atoms with van der Waals surface area (Å²) in [6, 6.07) is 0. The van der Waals surface area contributed by atoms with Gasteiger partial charge in [-0.05, 0) is 32.9 Å². The second kappa shape index (κ2) is 4.14. The molecule has 0 amide bonds. The van der Waals surface area contributed by atoms with Crippen molar-refractivity contribution in [1.82, 2.24) is 14.9 Å². The number of nitrogens with zero attached hydrogens (tertiary/aromatic N) is 2. The van der Waals surface area contributed by atoms with Crippen molar-refractivity contribution in [1.29, 1.82) is 0 Å². The van der Waals surface area contributed by atoms with E-state index in [-0.39, 0.29) is 11.7 Å². The highest BCUT2D eigenvalue weighted by Gasteiger charge is 2.25. The number of piperidine rings is 1. The number of imidazole rings is 1. The van der Waals surface area contributed by atoms with Crippen molar-refractivity contribution in [3.63, 3.8) is 0 Å². The first kappa shape index (κ1) is 10.4. The van der Waals surface area contributed by atoms with E-state index in [1.165, 1.54) is 0 Å². The molecule has 4 nitrogen and oxygen atoms in total. The fourth-order valence-corrected chi connectivity index (χ4v) is 2.11. The average Bonchev–Trinajstić information content (AvgIpc) is 2.58. The molecule has 4 heteroatoms. The molecular formula is C11H17N3O. The van der Waals surface area contributed by atoms with Gasteiger partial charge in [-0.1, -0.05) is 0 Å². The summed E-state index contributed by atoms with van der Waals surface area (Å²) in [6.07, 6.45) is 3.77. The van der Waals surface area contributed by atoms with Gasteiger partial charge in [-0.2, -0.15) is 0 Å². The van der Waals surface area contributed by atoms with Crippen molar-refractivity contribution < 1.29 is 4.79 Å². The lowest BCUT2D eigenvalue weighted by Crippen LogP contribution is -2.32. The summed E-state index contributed by atoms with van der Waals surface area (Å²) in [5.41, 5.74) is 0.912. The van der Waals surface area contributed by atoms with Crippen molar-refractivity contribution in [3.05, 3.63) is 17.7 Å². The SMILES string of the molecule is Cc1cn(C)c(C(=O)C2CCNCC2)n1. The summed E-state index contributed by atoms with van der Waals surface area (Å²) in [4.78, 5) is 16.4. The average molecular weight is 207 g/mol. The maximum Gasteiger partial charge on any atom is 0.201 e. The van der Waals surface area contributed by atoms with E-state index in [4.69, 9.17) is 0 Å². The molecule has 0 bridgehead atoms. The Morgan fingerprint density at radius 3 is 2.73 bits per heavy atom. The van der Waals surface area contributed by atoms with E-state index in [2.05, 4.69) is 10.3 Å². The maximum atomic E-state index is 12.1.